The lowest BCUT2D eigenvalue weighted by molar-refractivity contribution is -0.150. The summed E-state index contributed by atoms with van der Waals surface area (Å²) in [5.41, 5.74) is 3.91. The average molecular weight is 653 g/mol. The zero-order valence-corrected chi connectivity index (χ0v) is 29.0. The molecule has 242 valence electrons. The maximum atomic E-state index is 16.3. The Hall–Kier alpha value is -2.78. The number of carbonyl (C=O) groups excluding carboxylic acids is 2. The van der Waals surface area contributed by atoms with Crippen LogP contribution in [0.1, 0.15) is 63.6 Å². The van der Waals surface area contributed by atoms with Crippen molar-refractivity contribution in [2.75, 3.05) is 18.1 Å². The Morgan fingerprint density at radius 2 is 1.87 bits per heavy atom. The molecule has 2 aromatic carbocycles. The number of amides is 2. The Bertz CT molecular complexity index is 1520. The number of carbonyl (C=O) groups is 2. The number of halogens is 2. The van der Waals surface area contributed by atoms with Crippen molar-refractivity contribution in [2.24, 2.45) is 5.92 Å². The van der Waals surface area contributed by atoms with Gasteiger partial charge in [0, 0.05) is 35.1 Å². The number of anilines is 1. The molecule has 0 aliphatic carbocycles. The van der Waals surface area contributed by atoms with Crippen molar-refractivity contribution in [1.82, 2.24) is 4.90 Å². The zero-order chi connectivity index (χ0) is 32.7. The van der Waals surface area contributed by atoms with Crippen LogP contribution in [0, 0.1) is 5.92 Å². The van der Waals surface area contributed by atoms with Crippen LogP contribution in [0.15, 0.2) is 65.8 Å². The number of ether oxygens (including phenoxy) is 1. The van der Waals surface area contributed by atoms with Gasteiger partial charge in [0.15, 0.2) is 5.60 Å². The maximum absolute atomic E-state index is 16.3. The number of nitrogens with zero attached hydrogens (tertiary/aromatic N) is 2. The van der Waals surface area contributed by atoms with E-state index in [0.717, 1.165) is 24.0 Å². The Morgan fingerprint density at radius 1 is 1.16 bits per heavy atom. The van der Waals surface area contributed by atoms with Gasteiger partial charge in [0.2, 0.25) is 14.3 Å². The zero-order valence-electron chi connectivity index (χ0n) is 27.3. The molecule has 3 aliphatic rings. The molecule has 0 radical (unpaired) electrons. The number of allylic oxidation sites excluding steroid dienone is 3. The maximum Gasteiger partial charge on any atom is 0.264 e. The van der Waals surface area contributed by atoms with E-state index in [1.165, 1.54) is 11.1 Å². The van der Waals surface area contributed by atoms with Gasteiger partial charge in [-0.3, -0.25) is 9.59 Å². The van der Waals surface area contributed by atoms with E-state index >= 15 is 4.11 Å². The second-order valence-electron chi connectivity index (χ2n) is 13.8. The molecule has 5 rings (SSSR count). The normalized spacial score (nSPS) is 26.3. The van der Waals surface area contributed by atoms with Gasteiger partial charge in [0.1, 0.15) is 0 Å². The molecule has 1 spiro atoms. The van der Waals surface area contributed by atoms with Crippen LogP contribution in [-0.2, 0) is 32.9 Å². The predicted octanol–water partition coefficient (Wildman–Crippen LogP) is 7.49. The fraction of sp³-hybridized carbons (Fsp3) is 0.500. The summed E-state index contributed by atoms with van der Waals surface area (Å²) in [5, 5.41) is 10.7. The average Bonchev–Trinajstić information content (AvgIpc) is 3.40. The van der Waals surface area contributed by atoms with E-state index in [-0.39, 0.29) is 30.9 Å². The fourth-order valence-corrected chi connectivity index (χ4v) is 10.3. The summed E-state index contributed by atoms with van der Waals surface area (Å²) < 4.78 is 23.1. The van der Waals surface area contributed by atoms with Gasteiger partial charge in [-0.15, -0.1) is 0 Å². The molecular weight excluding hydrogens is 607 g/mol. The summed E-state index contributed by atoms with van der Waals surface area (Å²) in [6, 6.07) is 12.9. The molecule has 0 aromatic heterocycles. The summed E-state index contributed by atoms with van der Waals surface area (Å²) in [6.45, 7) is 12.0. The van der Waals surface area contributed by atoms with Crippen LogP contribution in [-0.4, -0.2) is 55.5 Å². The quantitative estimate of drug-likeness (QED) is 0.173. The third-order valence-corrected chi connectivity index (χ3v) is 12.6. The summed E-state index contributed by atoms with van der Waals surface area (Å²) in [6.07, 6.45) is 5.79. The number of hydrogen-bond donors (Lipinski definition) is 1. The smallest absolute Gasteiger partial charge is 0.264 e. The number of aliphatic hydroxyl groups excluding tert-OH is 1. The third-order valence-electron chi connectivity index (χ3n) is 9.90. The van der Waals surface area contributed by atoms with Gasteiger partial charge in [-0.1, -0.05) is 66.1 Å². The van der Waals surface area contributed by atoms with Gasteiger partial charge >= 0.3 is 0 Å². The highest BCUT2D eigenvalue weighted by Gasteiger charge is 2.67. The third kappa shape index (κ3) is 6.44. The Kier molecular flexibility index (Phi) is 9.81. The lowest BCUT2D eigenvalue weighted by Gasteiger charge is -2.37. The van der Waals surface area contributed by atoms with Gasteiger partial charge in [0.25, 0.3) is 5.91 Å². The molecule has 2 amide bonds. The Balaban J connectivity index is 1.46. The Labute approximate surface area is 273 Å². The van der Waals surface area contributed by atoms with E-state index < -0.39 is 31.6 Å². The van der Waals surface area contributed by atoms with Crippen molar-refractivity contribution in [2.45, 2.75) is 96.3 Å². The van der Waals surface area contributed by atoms with Gasteiger partial charge < -0.3 is 23.8 Å². The highest BCUT2D eigenvalue weighted by molar-refractivity contribution is 6.72. The molecule has 9 heteroatoms. The number of benzene rings is 2. The second-order valence-corrected chi connectivity index (χ2v) is 18.0. The molecule has 0 saturated carbocycles. The van der Waals surface area contributed by atoms with Crippen molar-refractivity contribution in [3.63, 3.8) is 0 Å². The van der Waals surface area contributed by atoms with Gasteiger partial charge in [-0.25, -0.2) is 0 Å². The van der Waals surface area contributed by atoms with Crippen molar-refractivity contribution in [3.05, 3.63) is 87.5 Å². The molecule has 2 aromatic rings. The van der Waals surface area contributed by atoms with Crippen LogP contribution in [0.25, 0.3) is 0 Å². The van der Waals surface area contributed by atoms with E-state index in [0.29, 0.717) is 35.8 Å². The first-order valence-corrected chi connectivity index (χ1v) is 19.4. The monoisotopic (exact) mass is 652 g/mol. The first kappa shape index (κ1) is 33.6. The topological polar surface area (TPSA) is 70.1 Å². The minimum Gasteiger partial charge on any atom is -0.394 e. The number of aliphatic hydroxyl groups is 1. The molecule has 6 nitrogen and oxygen atoms in total. The SMILES string of the molecule is CC(C)=CCC/C(C)=C/CN1C(=O)[C@@]2(O[C@@H](CC(=O)N3Cc4ccccc4C[C@H]3CO)[C@H]([Si](C)(C)F)[C@H]2C)c2cc(Cl)ccc21. The van der Waals surface area contributed by atoms with Crippen LogP contribution >= 0.6 is 11.6 Å². The fourth-order valence-electron chi connectivity index (χ4n) is 7.67. The van der Waals surface area contributed by atoms with E-state index in [4.69, 9.17) is 16.3 Å². The molecule has 45 heavy (non-hydrogen) atoms. The summed E-state index contributed by atoms with van der Waals surface area (Å²) in [5.74, 6) is -0.960. The summed E-state index contributed by atoms with van der Waals surface area (Å²) in [4.78, 5) is 31.9. The summed E-state index contributed by atoms with van der Waals surface area (Å²) >= 11 is 6.51. The van der Waals surface area contributed by atoms with Gasteiger partial charge in [-0.2, -0.15) is 0 Å². The standard InChI is InChI=1S/C36H46ClFN2O4Si/c1-23(2)10-9-11-24(3)16-17-39-31-15-14-28(37)19-30(31)36(35(39)43)25(4)34(45(5,6)38)32(44-36)20-33(42)40-21-27-13-8-7-12-26(27)18-29(40)22-41/h7-8,10,12-16,19,25,29,32,34,41H,9,11,17-18,20-22H2,1-6H3/b24-16+/t25-,29+,32+,34-,36+/m1/s1. The minimum atomic E-state index is -3.46. The lowest BCUT2D eigenvalue weighted by atomic mass is 9.82. The van der Waals surface area contributed by atoms with E-state index in [1.807, 2.05) is 37.3 Å². The molecule has 0 bridgehead atoms. The first-order valence-electron chi connectivity index (χ1n) is 16.0. The lowest BCUT2D eigenvalue weighted by Crippen LogP contribution is -2.48. The van der Waals surface area contributed by atoms with Crippen LogP contribution in [0.4, 0.5) is 9.80 Å². The Morgan fingerprint density at radius 3 is 2.53 bits per heavy atom. The highest BCUT2D eigenvalue weighted by atomic mass is 35.5. The largest absolute Gasteiger partial charge is 0.394 e. The second kappa shape index (κ2) is 13.1. The van der Waals surface area contributed by atoms with Crippen LogP contribution in [0.2, 0.25) is 23.7 Å². The predicted molar refractivity (Wildman–Crippen MR) is 180 cm³/mol. The van der Waals surface area contributed by atoms with Crippen LogP contribution in [0.5, 0.6) is 0 Å². The van der Waals surface area contributed by atoms with Crippen molar-refractivity contribution in [1.29, 1.82) is 0 Å². The van der Waals surface area contributed by atoms with Crippen LogP contribution < -0.4 is 4.90 Å². The number of hydrogen-bond acceptors (Lipinski definition) is 4. The van der Waals surface area contributed by atoms with E-state index in [9.17, 15) is 14.7 Å². The molecule has 3 aliphatic heterocycles. The molecule has 1 saturated heterocycles. The minimum absolute atomic E-state index is 0.0671. The number of fused-ring (bicyclic) bond motifs is 3. The van der Waals surface area contributed by atoms with Gasteiger partial charge in [0.05, 0.1) is 30.9 Å². The molecular formula is C36H46ClFN2O4Si. The van der Waals surface area contributed by atoms with Crippen LogP contribution in [0.3, 0.4) is 0 Å². The summed E-state index contributed by atoms with van der Waals surface area (Å²) in [7, 11) is -3.46. The first-order chi connectivity index (χ1) is 21.3. The molecule has 1 N–H and O–H groups in total. The van der Waals surface area contributed by atoms with Crippen molar-refractivity contribution >= 4 is 37.5 Å². The van der Waals surface area contributed by atoms with Gasteiger partial charge in [-0.05, 0) is 82.5 Å². The molecule has 3 heterocycles. The molecule has 5 atom stereocenters. The van der Waals surface area contributed by atoms with Crippen molar-refractivity contribution in [3.8, 4) is 0 Å². The highest BCUT2D eigenvalue weighted by Crippen LogP contribution is 2.60. The molecule has 1 fully saturated rings. The van der Waals surface area contributed by atoms with E-state index in [1.54, 1.807) is 35.0 Å². The van der Waals surface area contributed by atoms with E-state index in [2.05, 4.69) is 32.9 Å². The number of rotatable bonds is 9. The molecule has 0 unspecified atom stereocenters. The van der Waals surface area contributed by atoms with Crippen molar-refractivity contribution < 1.29 is 23.5 Å².